The molecular weight excluding hydrogens is 224 g/mol. The predicted molar refractivity (Wildman–Crippen MR) is 59.2 cm³/mol. The number of aliphatic hydroxyl groups is 1. The molecule has 0 fully saturated rings. The second-order valence-electron chi connectivity index (χ2n) is 4.68. The summed E-state index contributed by atoms with van der Waals surface area (Å²) in [5.74, 6) is 0. The van der Waals surface area contributed by atoms with Crippen LogP contribution in [-0.4, -0.2) is 30.1 Å². The maximum Gasteiger partial charge on any atom is 0.171 e. The first kappa shape index (κ1) is 14.2. The fraction of sp³-hybridized carbons (Fsp3) is 1.00. The summed E-state index contributed by atoms with van der Waals surface area (Å²) in [6, 6.07) is 0. The summed E-state index contributed by atoms with van der Waals surface area (Å²) in [7, 11) is -3.48. The third kappa shape index (κ3) is 2.61. The van der Waals surface area contributed by atoms with Gasteiger partial charge in [0.15, 0.2) is 14.0 Å². The Morgan fingerprint density at radius 1 is 1.36 bits per heavy atom. The average Bonchev–Trinajstić information content (AvgIpc) is 1.97. The maximum absolute atomic E-state index is 11.5. The number of sulfone groups is 1. The molecule has 0 heterocycles. The molecule has 2 atom stereocenters. The van der Waals surface area contributed by atoms with E-state index in [4.69, 9.17) is 11.6 Å². The molecule has 0 bridgehead atoms. The number of alkyl halides is 1. The highest BCUT2D eigenvalue weighted by molar-refractivity contribution is 7.93. The summed E-state index contributed by atoms with van der Waals surface area (Å²) in [5.41, 5.74) is -0.555. The fourth-order valence-electron chi connectivity index (χ4n) is 1.30. The Kier molecular flexibility index (Phi) is 4.04. The van der Waals surface area contributed by atoms with Gasteiger partial charge in [-0.2, -0.15) is 0 Å². The number of halogens is 1. The number of hydrogen-bond acceptors (Lipinski definition) is 3. The lowest BCUT2D eigenvalue weighted by Gasteiger charge is -2.37. The van der Waals surface area contributed by atoms with Crippen LogP contribution in [0.25, 0.3) is 0 Å². The molecule has 0 saturated carbocycles. The van der Waals surface area contributed by atoms with Crippen LogP contribution in [0.4, 0.5) is 0 Å². The van der Waals surface area contributed by atoms with Gasteiger partial charge in [0, 0.05) is 6.26 Å². The molecule has 0 rings (SSSR count). The molecule has 14 heavy (non-hydrogen) atoms. The van der Waals surface area contributed by atoms with E-state index in [1.54, 1.807) is 27.7 Å². The molecule has 0 radical (unpaired) electrons. The van der Waals surface area contributed by atoms with Crippen molar-refractivity contribution in [3.63, 3.8) is 0 Å². The highest BCUT2D eigenvalue weighted by atomic mass is 35.5. The van der Waals surface area contributed by atoms with E-state index in [1.807, 2.05) is 0 Å². The van der Waals surface area contributed by atoms with E-state index >= 15 is 0 Å². The van der Waals surface area contributed by atoms with E-state index in [-0.39, 0.29) is 6.42 Å². The van der Waals surface area contributed by atoms with Gasteiger partial charge < -0.3 is 5.11 Å². The van der Waals surface area contributed by atoms with Crippen molar-refractivity contribution in [1.82, 2.24) is 0 Å². The van der Waals surface area contributed by atoms with Crippen LogP contribution in [0.1, 0.15) is 34.1 Å². The molecule has 0 saturated heterocycles. The van der Waals surface area contributed by atoms with Gasteiger partial charge >= 0.3 is 0 Å². The summed E-state index contributed by atoms with van der Waals surface area (Å²) >= 11 is 6.00. The van der Waals surface area contributed by atoms with Gasteiger partial charge in [0.2, 0.25) is 0 Å². The van der Waals surface area contributed by atoms with Gasteiger partial charge in [-0.3, -0.25) is 0 Å². The monoisotopic (exact) mass is 242 g/mol. The van der Waals surface area contributed by atoms with Crippen LogP contribution in [0.15, 0.2) is 0 Å². The molecule has 5 heteroatoms. The first-order valence-electron chi connectivity index (χ1n) is 4.53. The number of hydrogen-bond donors (Lipinski definition) is 1. The minimum Gasteiger partial charge on any atom is -0.390 e. The molecule has 0 aromatic rings. The fourth-order valence-corrected chi connectivity index (χ4v) is 2.92. The van der Waals surface area contributed by atoms with Gasteiger partial charge in [-0.15, -0.1) is 0 Å². The van der Waals surface area contributed by atoms with E-state index in [1.165, 1.54) is 0 Å². The van der Waals surface area contributed by atoms with E-state index < -0.39 is 25.6 Å². The zero-order chi connectivity index (χ0) is 11.8. The summed E-state index contributed by atoms with van der Waals surface area (Å²) in [6.07, 6.45) is 0.154. The van der Waals surface area contributed by atoms with Crippen LogP contribution in [0.2, 0.25) is 0 Å². The van der Waals surface area contributed by atoms with E-state index in [9.17, 15) is 13.5 Å². The third-order valence-corrected chi connectivity index (χ3v) is 5.39. The van der Waals surface area contributed by atoms with Crippen molar-refractivity contribution in [2.45, 2.75) is 44.4 Å². The molecule has 0 aromatic heterocycles. The standard InChI is InChI=1S/C9H19ClO3S/c1-6-9(10,14(5,12)13)7(11)8(2,3)4/h7,11H,6H2,1-5H3. The Balaban J connectivity index is 5.29. The van der Waals surface area contributed by atoms with E-state index in [0.29, 0.717) is 0 Å². The van der Waals surface area contributed by atoms with Crippen LogP contribution in [0.5, 0.6) is 0 Å². The van der Waals surface area contributed by atoms with Crippen LogP contribution in [-0.2, 0) is 9.84 Å². The molecule has 0 spiro atoms. The first-order valence-corrected chi connectivity index (χ1v) is 6.80. The Morgan fingerprint density at radius 3 is 1.79 bits per heavy atom. The van der Waals surface area contributed by atoms with Crippen LogP contribution in [0.3, 0.4) is 0 Å². The van der Waals surface area contributed by atoms with Crippen molar-refractivity contribution in [3.05, 3.63) is 0 Å². The first-order chi connectivity index (χ1) is 5.97. The summed E-state index contributed by atoms with van der Waals surface area (Å²) in [5, 5.41) is 9.93. The molecule has 86 valence electrons. The average molecular weight is 243 g/mol. The Morgan fingerprint density at radius 2 is 1.71 bits per heavy atom. The largest absolute Gasteiger partial charge is 0.390 e. The van der Waals surface area contributed by atoms with E-state index in [2.05, 4.69) is 0 Å². The normalized spacial score (nSPS) is 20.2. The predicted octanol–water partition coefficient (Wildman–Crippen LogP) is 1.78. The summed E-state index contributed by atoms with van der Waals surface area (Å²) < 4.78 is 21.4. The Hall–Kier alpha value is 0.200. The molecule has 2 unspecified atom stereocenters. The number of aliphatic hydroxyl groups excluding tert-OH is 1. The van der Waals surface area contributed by atoms with Crippen molar-refractivity contribution in [1.29, 1.82) is 0 Å². The van der Waals surface area contributed by atoms with Gasteiger partial charge in [-0.05, 0) is 11.8 Å². The molecular formula is C9H19ClO3S. The van der Waals surface area contributed by atoms with E-state index in [0.717, 1.165) is 6.26 Å². The van der Waals surface area contributed by atoms with Gasteiger partial charge in [-0.1, -0.05) is 39.3 Å². The molecule has 3 nitrogen and oxygen atoms in total. The smallest absolute Gasteiger partial charge is 0.171 e. The molecule has 0 aliphatic carbocycles. The summed E-state index contributed by atoms with van der Waals surface area (Å²) in [4.78, 5) is 0. The SMILES string of the molecule is CCC(Cl)(C(O)C(C)(C)C)S(C)(=O)=O. The minimum absolute atomic E-state index is 0.186. The van der Waals surface area contributed by atoms with Crippen molar-refractivity contribution in [2.75, 3.05) is 6.26 Å². The Bertz CT molecular complexity index is 292. The lowest BCUT2D eigenvalue weighted by molar-refractivity contribution is 0.0469. The van der Waals surface area contributed by atoms with Crippen molar-refractivity contribution < 1.29 is 13.5 Å². The zero-order valence-electron chi connectivity index (χ0n) is 9.33. The number of rotatable bonds is 3. The van der Waals surface area contributed by atoms with Gasteiger partial charge in [-0.25, -0.2) is 8.42 Å². The quantitative estimate of drug-likeness (QED) is 0.768. The van der Waals surface area contributed by atoms with Crippen molar-refractivity contribution in [3.8, 4) is 0 Å². The second-order valence-corrected chi connectivity index (χ2v) is 7.85. The molecule has 0 aliphatic rings. The maximum atomic E-state index is 11.5. The van der Waals surface area contributed by atoms with Gasteiger partial charge in [0.1, 0.15) is 0 Å². The molecule has 1 N–H and O–H groups in total. The van der Waals surface area contributed by atoms with Gasteiger partial charge in [0.25, 0.3) is 0 Å². The zero-order valence-corrected chi connectivity index (χ0v) is 10.9. The van der Waals surface area contributed by atoms with Crippen molar-refractivity contribution >= 4 is 21.4 Å². The highest BCUT2D eigenvalue weighted by Gasteiger charge is 2.48. The van der Waals surface area contributed by atoms with Crippen LogP contribution in [0, 0.1) is 5.41 Å². The van der Waals surface area contributed by atoms with Gasteiger partial charge in [0.05, 0.1) is 6.10 Å². The highest BCUT2D eigenvalue weighted by Crippen LogP contribution is 2.38. The van der Waals surface area contributed by atoms with Crippen molar-refractivity contribution in [2.24, 2.45) is 5.41 Å². The molecule has 0 aliphatic heterocycles. The topological polar surface area (TPSA) is 54.4 Å². The Labute approximate surface area is 91.4 Å². The minimum atomic E-state index is -3.48. The third-order valence-electron chi connectivity index (χ3n) is 2.33. The molecule has 0 aromatic carbocycles. The van der Waals surface area contributed by atoms with Crippen LogP contribution < -0.4 is 0 Å². The molecule has 0 amide bonds. The van der Waals surface area contributed by atoms with Crippen LogP contribution >= 0.6 is 11.6 Å². The second kappa shape index (κ2) is 3.99. The lowest BCUT2D eigenvalue weighted by Crippen LogP contribution is -2.49. The summed E-state index contributed by atoms with van der Waals surface area (Å²) in [6.45, 7) is 6.93. The lowest BCUT2D eigenvalue weighted by atomic mass is 9.86.